The first-order chi connectivity index (χ1) is 9.76. The molecule has 2 unspecified atom stereocenters. The summed E-state index contributed by atoms with van der Waals surface area (Å²) in [5, 5.41) is 5.79. The molecule has 2 atom stereocenters. The molecule has 0 amide bonds. The fourth-order valence-electron chi connectivity index (χ4n) is 3.85. The van der Waals surface area contributed by atoms with Gasteiger partial charge >= 0.3 is 0 Å². The topological polar surface area (TPSA) is 34.9 Å². The second-order valence-electron chi connectivity index (χ2n) is 6.35. The summed E-state index contributed by atoms with van der Waals surface area (Å²) in [4.78, 5) is 12.5. The number of benzene rings is 1. The summed E-state index contributed by atoms with van der Waals surface area (Å²) in [6, 6.07) is 8.24. The number of fused-ring (bicyclic) bond motifs is 2. The van der Waals surface area contributed by atoms with E-state index in [1.54, 1.807) is 0 Å². The SMILES string of the molecule is CCn1nc(CC(=O)C2CC3CC3C2)c2ccccc21. The highest BCUT2D eigenvalue weighted by Gasteiger charge is 2.47. The fraction of sp³-hybridized carbons (Fsp3) is 0.529. The Kier molecular flexibility index (Phi) is 2.69. The van der Waals surface area contributed by atoms with Crippen molar-refractivity contribution in [1.29, 1.82) is 0 Å². The number of rotatable bonds is 4. The van der Waals surface area contributed by atoms with Gasteiger partial charge in [0.05, 0.1) is 17.6 Å². The maximum Gasteiger partial charge on any atom is 0.142 e. The maximum atomic E-state index is 12.5. The minimum atomic E-state index is 0.310. The third-order valence-corrected chi connectivity index (χ3v) is 5.07. The highest BCUT2D eigenvalue weighted by atomic mass is 16.1. The lowest BCUT2D eigenvalue weighted by atomic mass is 9.94. The Morgan fingerprint density at radius 3 is 2.75 bits per heavy atom. The van der Waals surface area contributed by atoms with E-state index in [0.717, 1.165) is 47.8 Å². The molecule has 0 radical (unpaired) electrons. The van der Waals surface area contributed by atoms with Crippen molar-refractivity contribution in [3.63, 3.8) is 0 Å². The van der Waals surface area contributed by atoms with Crippen LogP contribution in [0.1, 0.15) is 31.9 Å². The summed E-state index contributed by atoms with van der Waals surface area (Å²) in [5.74, 6) is 2.45. The minimum Gasteiger partial charge on any atom is -0.299 e. The van der Waals surface area contributed by atoms with Gasteiger partial charge in [0.15, 0.2) is 0 Å². The average Bonchev–Trinajstić information content (AvgIpc) is 2.94. The van der Waals surface area contributed by atoms with Gasteiger partial charge in [-0.25, -0.2) is 0 Å². The molecule has 0 spiro atoms. The van der Waals surface area contributed by atoms with Gasteiger partial charge in [-0.1, -0.05) is 18.2 Å². The number of carbonyl (C=O) groups is 1. The summed E-state index contributed by atoms with van der Waals surface area (Å²) in [6.07, 6.45) is 4.15. The van der Waals surface area contributed by atoms with Gasteiger partial charge in [0.2, 0.25) is 0 Å². The molecule has 2 aliphatic rings. The van der Waals surface area contributed by atoms with E-state index in [2.05, 4.69) is 24.2 Å². The predicted octanol–water partition coefficient (Wildman–Crippen LogP) is 3.21. The zero-order valence-corrected chi connectivity index (χ0v) is 11.9. The van der Waals surface area contributed by atoms with Gasteiger partial charge in [0.1, 0.15) is 5.78 Å². The van der Waals surface area contributed by atoms with E-state index in [-0.39, 0.29) is 0 Å². The van der Waals surface area contributed by atoms with Crippen molar-refractivity contribution in [2.75, 3.05) is 0 Å². The van der Waals surface area contributed by atoms with Crippen molar-refractivity contribution in [3.8, 4) is 0 Å². The van der Waals surface area contributed by atoms with Crippen LogP contribution < -0.4 is 0 Å². The zero-order valence-electron chi connectivity index (χ0n) is 11.9. The van der Waals surface area contributed by atoms with Gasteiger partial charge in [-0.15, -0.1) is 0 Å². The Labute approximate surface area is 119 Å². The molecule has 20 heavy (non-hydrogen) atoms. The van der Waals surface area contributed by atoms with Crippen LogP contribution in [0.3, 0.4) is 0 Å². The van der Waals surface area contributed by atoms with Crippen LogP contribution in [0.2, 0.25) is 0 Å². The summed E-state index contributed by atoms with van der Waals surface area (Å²) in [6.45, 7) is 2.94. The van der Waals surface area contributed by atoms with Gasteiger partial charge in [0, 0.05) is 17.8 Å². The number of hydrogen-bond donors (Lipinski definition) is 0. The summed E-state index contributed by atoms with van der Waals surface area (Å²) in [7, 11) is 0. The van der Waals surface area contributed by atoms with Crippen LogP contribution in [0, 0.1) is 17.8 Å². The van der Waals surface area contributed by atoms with Crippen molar-refractivity contribution >= 4 is 16.7 Å². The Hall–Kier alpha value is -1.64. The summed E-state index contributed by atoms with van der Waals surface area (Å²) >= 11 is 0. The number of aryl methyl sites for hydroxylation is 1. The number of nitrogens with zero attached hydrogens (tertiary/aromatic N) is 2. The third-order valence-electron chi connectivity index (χ3n) is 5.07. The van der Waals surface area contributed by atoms with Crippen molar-refractivity contribution < 1.29 is 4.79 Å². The van der Waals surface area contributed by atoms with Crippen molar-refractivity contribution in [1.82, 2.24) is 9.78 Å². The monoisotopic (exact) mass is 268 g/mol. The quantitative estimate of drug-likeness (QED) is 0.853. The van der Waals surface area contributed by atoms with E-state index in [0.29, 0.717) is 18.1 Å². The molecule has 0 saturated heterocycles. The molecule has 0 N–H and O–H groups in total. The van der Waals surface area contributed by atoms with Crippen molar-refractivity contribution in [2.45, 2.75) is 39.2 Å². The highest BCUT2D eigenvalue weighted by molar-refractivity contribution is 5.89. The van der Waals surface area contributed by atoms with Gasteiger partial charge in [0.25, 0.3) is 0 Å². The molecule has 4 rings (SSSR count). The number of hydrogen-bond acceptors (Lipinski definition) is 2. The normalized spacial score (nSPS) is 27.8. The zero-order chi connectivity index (χ0) is 13.7. The molecule has 0 aliphatic heterocycles. The number of para-hydroxylation sites is 1. The van der Waals surface area contributed by atoms with E-state index < -0.39 is 0 Å². The average molecular weight is 268 g/mol. The summed E-state index contributed by atoms with van der Waals surface area (Å²) in [5.41, 5.74) is 2.11. The van der Waals surface area contributed by atoms with E-state index >= 15 is 0 Å². The van der Waals surface area contributed by atoms with E-state index in [1.165, 1.54) is 6.42 Å². The number of aromatic nitrogens is 2. The molecule has 2 fully saturated rings. The van der Waals surface area contributed by atoms with Crippen LogP contribution >= 0.6 is 0 Å². The lowest BCUT2D eigenvalue weighted by Crippen LogP contribution is -2.15. The Morgan fingerprint density at radius 2 is 2.00 bits per heavy atom. The smallest absolute Gasteiger partial charge is 0.142 e. The molecule has 104 valence electrons. The number of ketones is 1. The minimum absolute atomic E-state index is 0.310. The van der Waals surface area contributed by atoms with Crippen LogP contribution in [0.25, 0.3) is 10.9 Å². The molecule has 1 heterocycles. The van der Waals surface area contributed by atoms with Crippen molar-refractivity contribution in [2.24, 2.45) is 17.8 Å². The molecule has 2 aliphatic carbocycles. The molecule has 2 aromatic rings. The number of carbonyl (C=O) groups excluding carboxylic acids is 1. The van der Waals surface area contributed by atoms with Crippen LogP contribution in [-0.2, 0) is 17.8 Å². The van der Waals surface area contributed by atoms with Gasteiger partial charge in [-0.3, -0.25) is 9.48 Å². The standard InChI is InChI=1S/C17H20N2O/c1-2-19-16-6-4-3-5-14(16)15(18-19)10-17(20)13-8-11-7-12(11)9-13/h3-6,11-13H,2,7-10H2,1H3. The first-order valence-corrected chi connectivity index (χ1v) is 7.73. The molecule has 1 aromatic heterocycles. The van der Waals surface area contributed by atoms with Crippen LogP contribution in [0.4, 0.5) is 0 Å². The summed E-state index contributed by atoms with van der Waals surface area (Å²) < 4.78 is 2.00. The van der Waals surface area contributed by atoms with Gasteiger partial charge in [-0.05, 0) is 44.1 Å². The predicted molar refractivity (Wildman–Crippen MR) is 78.4 cm³/mol. The first-order valence-electron chi connectivity index (χ1n) is 7.73. The first kappa shape index (κ1) is 12.1. The molecule has 2 saturated carbocycles. The molecular weight excluding hydrogens is 248 g/mol. The second kappa shape index (κ2) is 4.44. The fourth-order valence-corrected chi connectivity index (χ4v) is 3.85. The largest absolute Gasteiger partial charge is 0.299 e. The van der Waals surface area contributed by atoms with Crippen LogP contribution in [0.15, 0.2) is 24.3 Å². The van der Waals surface area contributed by atoms with Gasteiger partial charge < -0.3 is 0 Å². The maximum absolute atomic E-state index is 12.5. The van der Waals surface area contributed by atoms with Crippen molar-refractivity contribution in [3.05, 3.63) is 30.0 Å². The second-order valence-corrected chi connectivity index (χ2v) is 6.35. The molecule has 1 aromatic carbocycles. The Balaban J connectivity index is 1.60. The molecular formula is C17H20N2O. The molecule has 3 heteroatoms. The lowest BCUT2D eigenvalue weighted by molar-refractivity contribution is -0.122. The Morgan fingerprint density at radius 1 is 1.25 bits per heavy atom. The Bertz CT molecular complexity index is 663. The number of Topliss-reactive ketones (excluding diaryl/α,β-unsaturated/α-hetero) is 1. The molecule has 3 nitrogen and oxygen atoms in total. The van der Waals surface area contributed by atoms with Gasteiger partial charge in [-0.2, -0.15) is 5.10 Å². The van der Waals surface area contributed by atoms with Crippen LogP contribution in [-0.4, -0.2) is 15.6 Å². The highest BCUT2D eigenvalue weighted by Crippen LogP contribution is 2.54. The van der Waals surface area contributed by atoms with E-state index in [4.69, 9.17) is 0 Å². The molecule has 0 bridgehead atoms. The third kappa shape index (κ3) is 1.88. The van der Waals surface area contributed by atoms with E-state index in [9.17, 15) is 4.79 Å². The van der Waals surface area contributed by atoms with Crippen LogP contribution in [0.5, 0.6) is 0 Å². The van der Waals surface area contributed by atoms with E-state index in [1.807, 2.05) is 16.8 Å². The lowest BCUT2D eigenvalue weighted by Gasteiger charge is -2.09.